The molecule has 0 radical (unpaired) electrons. The highest BCUT2D eigenvalue weighted by molar-refractivity contribution is 6.09. The molecule has 4 nitrogen and oxygen atoms in total. The number of allylic oxidation sites excluding steroid dienone is 2. The molecule has 0 amide bonds. The van der Waals surface area contributed by atoms with Crippen LogP contribution in [-0.4, -0.2) is 22.5 Å². The molecular weight excluding hydrogens is 352 g/mol. The summed E-state index contributed by atoms with van der Waals surface area (Å²) in [5.74, 6) is -2.02. The smallest absolute Gasteiger partial charge is 0.163 e. The molecule has 0 spiro atoms. The van der Waals surface area contributed by atoms with Crippen LogP contribution >= 0.6 is 0 Å². The third-order valence-electron chi connectivity index (χ3n) is 5.98. The molecule has 1 N–H and O–H groups in total. The molecule has 3 rings (SSSR count). The first-order valence-electron chi connectivity index (χ1n) is 9.97. The molecule has 0 saturated heterocycles. The van der Waals surface area contributed by atoms with E-state index in [1.807, 2.05) is 58.9 Å². The normalized spacial score (nSPS) is 23.8. The Morgan fingerprint density at radius 3 is 1.86 bits per heavy atom. The summed E-state index contributed by atoms with van der Waals surface area (Å²) in [6, 6.07) is 7.57. The van der Waals surface area contributed by atoms with E-state index in [-0.39, 0.29) is 39.5 Å². The van der Waals surface area contributed by atoms with Crippen LogP contribution in [0, 0.1) is 23.7 Å². The Kier molecular flexibility index (Phi) is 5.11. The highest BCUT2D eigenvalue weighted by Crippen LogP contribution is 2.47. The summed E-state index contributed by atoms with van der Waals surface area (Å²) in [5, 5.41) is 10.8. The molecule has 4 heteroatoms. The number of rotatable bonds is 3. The fraction of sp³-hybridized carbons (Fsp3) is 0.542. The van der Waals surface area contributed by atoms with E-state index in [0.717, 1.165) is 11.1 Å². The molecule has 1 aromatic carbocycles. The summed E-state index contributed by atoms with van der Waals surface area (Å²) < 4.78 is 0. The largest absolute Gasteiger partial charge is 0.512 e. The minimum atomic E-state index is -0.905. The molecule has 1 saturated carbocycles. The third-order valence-corrected chi connectivity index (χ3v) is 5.98. The fourth-order valence-electron chi connectivity index (χ4n) is 4.73. The summed E-state index contributed by atoms with van der Waals surface area (Å²) >= 11 is 0. The molecule has 1 fully saturated rings. The lowest BCUT2D eigenvalue weighted by molar-refractivity contribution is -0.140. The highest BCUT2D eigenvalue weighted by Gasteiger charge is 2.48. The van der Waals surface area contributed by atoms with Crippen molar-refractivity contribution >= 4 is 17.3 Å². The Hall–Kier alpha value is -2.23. The number of Topliss-reactive ketones (excluding diaryl/α,β-unsaturated/α-hetero) is 3. The molecule has 0 bridgehead atoms. The molecule has 0 aliphatic heterocycles. The maximum atomic E-state index is 13.0. The minimum Gasteiger partial charge on any atom is -0.512 e. The van der Waals surface area contributed by atoms with Gasteiger partial charge in [0.25, 0.3) is 0 Å². The van der Waals surface area contributed by atoms with Crippen molar-refractivity contribution in [3.05, 3.63) is 46.7 Å². The zero-order valence-corrected chi connectivity index (χ0v) is 17.5. The number of benzene rings is 1. The number of carbonyl (C=O) groups excluding carboxylic acids is 3. The number of aliphatic hydroxyl groups excluding tert-OH is 1. The molecule has 0 heterocycles. The summed E-state index contributed by atoms with van der Waals surface area (Å²) in [5.41, 5.74) is 1.36. The predicted molar refractivity (Wildman–Crippen MR) is 108 cm³/mol. The van der Waals surface area contributed by atoms with Crippen molar-refractivity contribution in [2.75, 3.05) is 0 Å². The van der Waals surface area contributed by atoms with E-state index in [2.05, 4.69) is 0 Å². The van der Waals surface area contributed by atoms with Crippen LogP contribution in [0.3, 0.4) is 0 Å². The zero-order chi connectivity index (χ0) is 20.9. The first-order valence-corrected chi connectivity index (χ1v) is 9.97. The molecule has 28 heavy (non-hydrogen) atoms. The van der Waals surface area contributed by atoms with Gasteiger partial charge in [-0.1, -0.05) is 57.5 Å². The monoisotopic (exact) mass is 382 g/mol. The van der Waals surface area contributed by atoms with E-state index in [4.69, 9.17) is 0 Å². The third kappa shape index (κ3) is 3.96. The number of carbonyl (C=O) groups is 3. The van der Waals surface area contributed by atoms with Crippen LogP contribution in [-0.2, 0) is 14.4 Å². The SMILES string of the molecule is Cc1ccc([C@H](C2=C(O)CC(C)(C)CC2=O)C2C(=O)CC(C)(C)CC2=O)cc1. The summed E-state index contributed by atoms with van der Waals surface area (Å²) in [4.78, 5) is 39.1. The molecule has 1 aromatic rings. The quantitative estimate of drug-likeness (QED) is 0.758. The van der Waals surface area contributed by atoms with Gasteiger partial charge in [0.15, 0.2) is 5.78 Å². The van der Waals surface area contributed by atoms with Crippen LogP contribution < -0.4 is 0 Å². The maximum Gasteiger partial charge on any atom is 0.163 e. The Bertz CT molecular complexity index is 835. The van der Waals surface area contributed by atoms with Gasteiger partial charge in [-0.15, -0.1) is 0 Å². The van der Waals surface area contributed by atoms with Gasteiger partial charge in [-0.05, 0) is 23.3 Å². The number of ketones is 3. The second-order valence-corrected chi connectivity index (χ2v) is 10.1. The van der Waals surface area contributed by atoms with E-state index >= 15 is 0 Å². The summed E-state index contributed by atoms with van der Waals surface area (Å²) in [6.07, 6.45) is 1.28. The molecule has 2 aliphatic carbocycles. The van der Waals surface area contributed by atoms with Crippen molar-refractivity contribution in [2.24, 2.45) is 16.7 Å². The number of hydrogen-bond donors (Lipinski definition) is 1. The molecule has 0 aromatic heterocycles. The van der Waals surface area contributed by atoms with Gasteiger partial charge in [-0.3, -0.25) is 14.4 Å². The lowest BCUT2D eigenvalue weighted by Gasteiger charge is -2.39. The van der Waals surface area contributed by atoms with Crippen molar-refractivity contribution in [3.63, 3.8) is 0 Å². The first kappa shape index (κ1) is 20.5. The Labute approximate surface area is 167 Å². The molecule has 1 atom stereocenters. The van der Waals surface area contributed by atoms with E-state index in [1.165, 1.54) is 0 Å². The van der Waals surface area contributed by atoms with Gasteiger partial charge in [0, 0.05) is 37.2 Å². The van der Waals surface area contributed by atoms with Crippen LogP contribution in [0.15, 0.2) is 35.6 Å². The van der Waals surface area contributed by atoms with Crippen molar-refractivity contribution < 1.29 is 19.5 Å². The van der Waals surface area contributed by atoms with Crippen molar-refractivity contribution in [3.8, 4) is 0 Å². The average Bonchev–Trinajstić information content (AvgIpc) is 2.50. The van der Waals surface area contributed by atoms with E-state index in [9.17, 15) is 19.5 Å². The van der Waals surface area contributed by atoms with E-state index in [1.54, 1.807) is 0 Å². The van der Waals surface area contributed by atoms with Crippen LogP contribution in [0.25, 0.3) is 0 Å². The van der Waals surface area contributed by atoms with Gasteiger partial charge < -0.3 is 5.11 Å². The van der Waals surface area contributed by atoms with Gasteiger partial charge in [-0.25, -0.2) is 0 Å². The molecule has 2 aliphatic rings. The van der Waals surface area contributed by atoms with Crippen LogP contribution in [0.1, 0.15) is 70.4 Å². The zero-order valence-electron chi connectivity index (χ0n) is 17.5. The van der Waals surface area contributed by atoms with Crippen LogP contribution in [0.2, 0.25) is 0 Å². The number of aliphatic hydroxyl groups is 1. The van der Waals surface area contributed by atoms with Crippen LogP contribution in [0.5, 0.6) is 0 Å². The molecule has 150 valence electrons. The highest BCUT2D eigenvalue weighted by atomic mass is 16.3. The number of aryl methyl sites for hydroxylation is 1. The van der Waals surface area contributed by atoms with Gasteiger partial charge in [0.2, 0.25) is 0 Å². The van der Waals surface area contributed by atoms with Crippen molar-refractivity contribution in [1.82, 2.24) is 0 Å². The molecule has 0 unspecified atom stereocenters. The predicted octanol–water partition coefficient (Wildman–Crippen LogP) is 4.85. The maximum absolute atomic E-state index is 13.0. The Morgan fingerprint density at radius 2 is 1.36 bits per heavy atom. The van der Waals surface area contributed by atoms with E-state index < -0.39 is 11.8 Å². The lowest BCUT2D eigenvalue weighted by Crippen LogP contribution is -2.43. The summed E-state index contributed by atoms with van der Waals surface area (Å²) in [7, 11) is 0. The van der Waals surface area contributed by atoms with Crippen molar-refractivity contribution in [2.45, 2.75) is 66.2 Å². The average molecular weight is 383 g/mol. The van der Waals surface area contributed by atoms with Gasteiger partial charge in [0.1, 0.15) is 17.3 Å². The van der Waals surface area contributed by atoms with Crippen LogP contribution in [0.4, 0.5) is 0 Å². The summed E-state index contributed by atoms with van der Waals surface area (Å²) in [6.45, 7) is 9.69. The lowest BCUT2D eigenvalue weighted by atomic mass is 9.62. The Balaban J connectivity index is 2.14. The topological polar surface area (TPSA) is 71.4 Å². The van der Waals surface area contributed by atoms with Gasteiger partial charge >= 0.3 is 0 Å². The number of hydrogen-bond acceptors (Lipinski definition) is 4. The van der Waals surface area contributed by atoms with Crippen molar-refractivity contribution in [1.29, 1.82) is 0 Å². The second-order valence-electron chi connectivity index (χ2n) is 10.1. The molecular formula is C24H30O4. The van der Waals surface area contributed by atoms with E-state index in [0.29, 0.717) is 25.7 Å². The second kappa shape index (κ2) is 6.98. The van der Waals surface area contributed by atoms with Gasteiger partial charge in [-0.2, -0.15) is 0 Å². The minimum absolute atomic E-state index is 0.0252. The Morgan fingerprint density at radius 1 is 0.857 bits per heavy atom. The first-order chi connectivity index (χ1) is 12.9. The fourth-order valence-corrected chi connectivity index (χ4v) is 4.73. The standard InChI is InChI=1S/C24H30O4/c1-14-6-8-15(9-7-14)20(21-16(25)10-23(2,3)11-17(21)26)22-18(27)12-24(4,5)13-19(22)28/h6-9,20-21,27H,10-13H2,1-5H3/t20-/m0/s1. The van der Waals surface area contributed by atoms with Gasteiger partial charge in [0.05, 0.1) is 5.92 Å².